The van der Waals surface area contributed by atoms with Crippen LogP contribution in [0.1, 0.15) is 37.4 Å². The van der Waals surface area contributed by atoms with E-state index in [-0.39, 0.29) is 25.2 Å². The molecule has 0 bridgehead atoms. The number of Topliss-reactive ketones (excluding diaryl/α,β-unsaturated/α-hetero) is 2. The molecule has 0 unspecified atom stereocenters. The largest absolute Gasteiger partial charge is 0.496 e. The van der Waals surface area contributed by atoms with Crippen molar-refractivity contribution >= 4 is 45.4 Å². The van der Waals surface area contributed by atoms with Gasteiger partial charge in [0.05, 0.1) is 14.2 Å². The summed E-state index contributed by atoms with van der Waals surface area (Å²) in [5.41, 5.74) is 5.48. The molecule has 0 N–H and O–H groups in total. The number of methoxy groups -OCH3 is 2. The van der Waals surface area contributed by atoms with Gasteiger partial charge in [-0.3, -0.25) is 9.59 Å². The Hall–Kier alpha value is -6.10. The maximum absolute atomic E-state index is 14.7. The summed E-state index contributed by atoms with van der Waals surface area (Å²) in [7, 11) is 3.14. The zero-order chi connectivity index (χ0) is 36.5. The lowest BCUT2D eigenvalue weighted by atomic mass is 9.90. The van der Waals surface area contributed by atoms with Gasteiger partial charge in [-0.25, -0.2) is 0 Å². The zero-order valence-electron chi connectivity index (χ0n) is 29.0. The molecular formula is C43H32O8S2. The minimum atomic E-state index is -0.300. The van der Waals surface area contributed by atoms with E-state index >= 15 is 0 Å². The number of benzene rings is 4. The number of ketones is 2. The summed E-state index contributed by atoms with van der Waals surface area (Å²) >= 11 is 3.21. The lowest BCUT2D eigenvalue weighted by molar-refractivity contribution is 0.104. The van der Waals surface area contributed by atoms with Gasteiger partial charge in [0.15, 0.2) is 34.6 Å². The predicted octanol–water partition coefficient (Wildman–Crippen LogP) is 10.2. The Morgan fingerprint density at radius 1 is 0.604 bits per heavy atom. The first-order valence-corrected chi connectivity index (χ1v) is 18.4. The highest BCUT2D eigenvalue weighted by atomic mass is 32.1. The van der Waals surface area contributed by atoms with Crippen molar-refractivity contribution in [3.8, 4) is 55.4 Å². The third-order valence-electron chi connectivity index (χ3n) is 8.98. The number of thiophene rings is 2. The molecule has 0 fully saturated rings. The molecule has 0 aliphatic carbocycles. The van der Waals surface area contributed by atoms with Crippen molar-refractivity contribution in [3.63, 3.8) is 0 Å². The molecule has 53 heavy (non-hydrogen) atoms. The molecule has 8 nitrogen and oxygen atoms in total. The molecule has 2 aromatic heterocycles. The normalized spacial score (nSPS) is 13.3. The van der Waals surface area contributed by atoms with Crippen molar-refractivity contribution in [2.45, 2.75) is 6.92 Å². The molecule has 4 aromatic carbocycles. The van der Waals surface area contributed by atoms with Crippen LogP contribution in [-0.4, -0.2) is 39.4 Å². The second kappa shape index (κ2) is 14.5. The van der Waals surface area contributed by atoms with Crippen LogP contribution in [0.2, 0.25) is 0 Å². The standard InChI is InChI=1S/C43H32O8S2/c1-25-17-41(53-22-25)27-7-13-35(47-3)33(19-27)31(43(45)29-9-15-37-39(21-29)51-24-49-37)11-10-30(42(44)28-8-14-36-38(20-28)50-23-48-36)32-18-26(6-12-34(32)46-2)40-5-4-16-52-40/h4-22H,23-24H2,1-3H3. The van der Waals surface area contributed by atoms with Gasteiger partial charge in [-0.15, -0.1) is 22.7 Å². The number of hydrogen-bond donors (Lipinski definition) is 0. The molecule has 264 valence electrons. The summed E-state index contributed by atoms with van der Waals surface area (Å²) in [6, 6.07) is 27.8. The van der Waals surface area contributed by atoms with Crippen LogP contribution in [-0.2, 0) is 0 Å². The Morgan fingerprint density at radius 2 is 1.13 bits per heavy atom. The number of hydrogen-bond acceptors (Lipinski definition) is 10. The fourth-order valence-corrected chi connectivity index (χ4v) is 7.92. The first kappa shape index (κ1) is 34.0. The van der Waals surface area contributed by atoms with Crippen molar-refractivity contribution in [3.05, 3.63) is 142 Å². The molecule has 0 radical (unpaired) electrons. The lowest BCUT2D eigenvalue weighted by Gasteiger charge is -2.15. The van der Waals surface area contributed by atoms with Crippen molar-refractivity contribution in [1.82, 2.24) is 0 Å². The van der Waals surface area contributed by atoms with Gasteiger partial charge in [0.2, 0.25) is 13.6 Å². The average Bonchev–Trinajstić information content (AvgIpc) is 4.03. The number of rotatable bonds is 11. The highest BCUT2D eigenvalue weighted by molar-refractivity contribution is 7.13. The molecule has 4 heterocycles. The van der Waals surface area contributed by atoms with Crippen LogP contribution in [0, 0.1) is 6.92 Å². The van der Waals surface area contributed by atoms with Gasteiger partial charge >= 0.3 is 0 Å². The van der Waals surface area contributed by atoms with Crippen molar-refractivity contribution in [2.75, 3.05) is 27.8 Å². The van der Waals surface area contributed by atoms with E-state index in [1.54, 1.807) is 85.4 Å². The summed E-state index contributed by atoms with van der Waals surface area (Å²) in [5.74, 6) is 2.48. The highest BCUT2D eigenvalue weighted by Crippen LogP contribution is 2.40. The third-order valence-corrected chi connectivity index (χ3v) is 11.0. The van der Waals surface area contributed by atoms with Crippen LogP contribution in [0.15, 0.2) is 114 Å². The van der Waals surface area contributed by atoms with E-state index in [9.17, 15) is 9.59 Å². The first-order chi connectivity index (χ1) is 25.9. The Kier molecular flexibility index (Phi) is 9.30. The highest BCUT2D eigenvalue weighted by Gasteiger charge is 2.25. The van der Waals surface area contributed by atoms with Crippen molar-refractivity contribution in [2.24, 2.45) is 0 Å². The summed E-state index contributed by atoms with van der Waals surface area (Å²) in [6.45, 7) is 2.20. The maximum atomic E-state index is 14.7. The molecule has 2 aliphatic rings. The molecule has 6 aromatic rings. The number of allylic oxidation sites excluding steroid dienone is 4. The van der Waals surface area contributed by atoms with Gasteiger partial charge in [0, 0.05) is 43.2 Å². The number of ether oxygens (including phenoxy) is 6. The second-order valence-electron chi connectivity index (χ2n) is 12.3. The number of fused-ring (bicyclic) bond motifs is 2. The number of carbonyl (C=O) groups is 2. The first-order valence-electron chi connectivity index (χ1n) is 16.7. The molecule has 0 saturated heterocycles. The molecule has 0 atom stereocenters. The Labute approximate surface area is 314 Å². The van der Waals surface area contributed by atoms with Crippen molar-refractivity contribution < 1.29 is 38.0 Å². The van der Waals surface area contributed by atoms with Gasteiger partial charge in [-0.05, 0) is 131 Å². The van der Waals surface area contributed by atoms with Crippen LogP contribution in [0.3, 0.4) is 0 Å². The molecular weight excluding hydrogens is 709 g/mol. The Morgan fingerprint density at radius 3 is 1.60 bits per heavy atom. The monoisotopic (exact) mass is 740 g/mol. The second-order valence-corrected chi connectivity index (χ2v) is 14.1. The zero-order valence-corrected chi connectivity index (χ0v) is 30.6. The SMILES string of the molecule is COc1ccc(-c2cccs2)cc1C(=CC=C(C(=O)c1ccc2c(c1)OCO2)c1cc(-c2cc(C)cs2)ccc1OC)C(=O)c1ccc2c(c1)OCO2. The van der Waals surface area contributed by atoms with Crippen LogP contribution in [0.25, 0.3) is 32.0 Å². The van der Waals surface area contributed by atoms with Crippen LogP contribution < -0.4 is 28.4 Å². The van der Waals surface area contributed by atoms with Crippen molar-refractivity contribution in [1.29, 1.82) is 0 Å². The van der Waals surface area contributed by atoms with E-state index in [4.69, 9.17) is 28.4 Å². The summed E-state index contributed by atoms with van der Waals surface area (Å²) in [4.78, 5) is 31.5. The van der Waals surface area contributed by atoms with Gasteiger partial charge < -0.3 is 28.4 Å². The predicted molar refractivity (Wildman–Crippen MR) is 207 cm³/mol. The van der Waals surface area contributed by atoms with E-state index in [0.29, 0.717) is 67.9 Å². The Bertz CT molecular complexity index is 2440. The van der Waals surface area contributed by atoms with Crippen LogP contribution in [0.4, 0.5) is 0 Å². The van der Waals surface area contributed by atoms with E-state index in [1.807, 2.05) is 60.8 Å². The quantitative estimate of drug-likeness (QED) is 0.0737. The number of carbonyl (C=O) groups excluding carboxylic acids is 2. The molecule has 0 saturated carbocycles. The Balaban J connectivity index is 1.35. The van der Waals surface area contributed by atoms with E-state index in [2.05, 4.69) is 11.4 Å². The minimum absolute atomic E-state index is 0.0756. The van der Waals surface area contributed by atoms with Gasteiger partial charge in [-0.1, -0.05) is 6.07 Å². The topological polar surface area (TPSA) is 89.5 Å². The van der Waals surface area contributed by atoms with E-state index in [1.165, 1.54) is 0 Å². The molecule has 10 heteroatoms. The maximum Gasteiger partial charge on any atom is 0.231 e. The minimum Gasteiger partial charge on any atom is -0.496 e. The van der Waals surface area contributed by atoms with Crippen LogP contribution >= 0.6 is 22.7 Å². The molecule has 0 amide bonds. The summed E-state index contributed by atoms with van der Waals surface area (Å²) in [6.07, 6.45) is 3.37. The smallest absolute Gasteiger partial charge is 0.231 e. The molecule has 0 spiro atoms. The van der Waals surface area contributed by atoms with E-state index < -0.39 is 0 Å². The van der Waals surface area contributed by atoms with Gasteiger partial charge in [0.25, 0.3) is 0 Å². The van der Waals surface area contributed by atoms with Gasteiger partial charge in [0.1, 0.15) is 11.5 Å². The third kappa shape index (κ3) is 6.70. The van der Waals surface area contributed by atoms with E-state index in [0.717, 1.165) is 26.4 Å². The summed E-state index contributed by atoms with van der Waals surface area (Å²) < 4.78 is 34.0. The van der Waals surface area contributed by atoms with Gasteiger partial charge in [-0.2, -0.15) is 0 Å². The fourth-order valence-electron chi connectivity index (χ4n) is 6.30. The summed E-state index contributed by atoms with van der Waals surface area (Å²) in [5, 5.41) is 4.09. The average molecular weight is 741 g/mol. The lowest BCUT2D eigenvalue weighted by Crippen LogP contribution is -2.07. The number of aryl methyl sites for hydroxylation is 1. The molecule has 8 rings (SSSR count). The molecule has 2 aliphatic heterocycles. The fraction of sp³-hybridized carbons (Fsp3) is 0.116. The van der Waals surface area contributed by atoms with Crippen LogP contribution in [0.5, 0.6) is 34.5 Å².